The average molecular weight is 548 g/mol. The summed E-state index contributed by atoms with van der Waals surface area (Å²) in [6, 6.07) is 11.8. The molecule has 0 radical (unpaired) electrons. The van der Waals surface area contributed by atoms with Crippen LogP contribution >= 0.6 is 11.6 Å². The lowest BCUT2D eigenvalue weighted by atomic mass is 9.73. The van der Waals surface area contributed by atoms with Gasteiger partial charge in [0.15, 0.2) is 0 Å². The summed E-state index contributed by atoms with van der Waals surface area (Å²) >= 11 is 6.48. The zero-order valence-electron chi connectivity index (χ0n) is 22.7. The minimum Gasteiger partial charge on any atom is -0.492 e. The summed E-state index contributed by atoms with van der Waals surface area (Å²) in [4.78, 5) is 38.1. The Morgan fingerprint density at radius 3 is 2.72 bits per heavy atom. The molecule has 1 atom stereocenters. The van der Waals surface area contributed by atoms with E-state index in [1.54, 1.807) is 13.2 Å². The number of ether oxygens (including phenoxy) is 1. The normalized spacial score (nSPS) is 22.0. The fourth-order valence-corrected chi connectivity index (χ4v) is 6.49. The van der Waals surface area contributed by atoms with Gasteiger partial charge in [0.2, 0.25) is 11.8 Å². The Balaban J connectivity index is 1.38. The smallest absolute Gasteiger partial charge is 0.240 e. The topological polar surface area (TPSA) is 78.0 Å². The molecule has 1 unspecified atom stereocenters. The molecule has 3 aliphatic rings. The third kappa shape index (κ3) is 4.35. The number of likely N-dealkylation sites (N-methyl/N-ethyl adjacent to an activating group) is 2. The van der Waals surface area contributed by atoms with Crippen molar-refractivity contribution in [3.05, 3.63) is 64.9 Å². The molecule has 2 aliphatic heterocycles. The molecule has 2 aromatic carbocycles. The molecule has 1 saturated carbocycles. The van der Waals surface area contributed by atoms with Gasteiger partial charge >= 0.3 is 0 Å². The summed E-state index contributed by atoms with van der Waals surface area (Å²) in [5, 5.41) is 5.35. The number of nitrogens with one attached hydrogen (secondary N) is 1. The molecule has 204 valence electrons. The highest BCUT2D eigenvalue weighted by atomic mass is 35.5. The molecule has 9 heteroatoms. The number of pyridine rings is 1. The van der Waals surface area contributed by atoms with E-state index in [9.17, 15) is 9.59 Å². The number of hydrogen-bond donors (Lipinski definition) is 1. The number of rotatable bonds is 7. The maximum absolute atomic E-state index is 14.6. The van der Waals surface area contributed by atoms with Crippen molar-refractivity contribution in [3.63, 3.8) is 0 Å². The predicted octanol–water partition coefficient (Wildman–Crippen LogP) is 3.60. The lowest BCUT2D eigenvalue weighted by Gasteiger charge is -2.44. The highest BCUT2D eigenvalue weighted by molar-refractivity contribution is 6.30. The van der Waals surface area contributed by atoms with Crippen LogP contribution in [0.2, 0.25) is 5.02 Å². The summed E-state index contributed by atoms with van der Waals surface area (Å²) in [6.07, 6.45) is 5.82. The minimum absolute atomic E-state index is 0.0247. The molecule has 3 heterocycles. The maximum Gasteiger partial charge on any atom is 0.240 e. The van der Waals surface area contributed by atoms with Crippen molar-refractivity contribution in [1.29, 1.82) is 0 Å². The van der Waals surface area contributed by atoms with Crippen LogP contribution in [0.4, 0.5) is 5.69 Å². The maximum atomic E-state index is 14.6. The van der Waals surface area contributed by atoms with E-state index in [4.69, 9.17) is 16.3 Å². The Kier molecular flexibility index (Phi) is 6.52. The number of halogens is 1. The molecule has 1 aromatic heterocycles. The molecule has 2 fully saturated rings. The van der Waals surface area contributed by atoms with Crippen molar-refractivity contribution in [1.82, 2.24) is 20.1 Å². The van der Waals surface area contributed by atoms with E-state index in [1.807, 2.05) is 61.6 Å². The Morgan fingerprint density at radius 2 is 1.97 bits per heavy atom. The van der Waals surface area contributed by atoms with Crippen LogP contribution < -0.4 is 15.0 Å². The van der Waals surface area contributed by atoms with Crippen LogP contribution in [0.1, 0.15) is 30.4 Å². The quantitative estimate of drug-likeness (QED) is 0.487. The molecule has 1 spiro atoms. The molecule has 39 heavy (non-hydrogen) atoms. The van der Waals surface area contributed by atoms with Gasteiger partial charge in [-0.3, -0.25) is 19.5 Å². The van der Waals surface area contributed by atoms with Gasteiger partial charge in [0.25, 0.3) is 0 Å². The molecule has 2 amide bonds. The first-order valence-corrected chi connectivity index (χ1v) is 13.9. The number of carbonyl (C=O) groups excluding carboxylic acids is 2. The SMILES string of the molecule is CNC(=O)C1(N2Cc3ccc(Cl)cc3C3(CCN(c4cncc5ccc(OCCN(C)C)cc45)C3=O)C2)CC1. The number of aromatic nitrogens is 1. The van der Waals surface area contributed by atoms with Crippen molar-refractivity contribution in [3.8, 4) is 5.75 Å². The molecule has 1 saturated heterocycles. The van der Waals surface area contributed by atoms with Gasteiger partial charge in [0.05, 0.1) is 17.3 Å². The highest BCUT2D eigenvalue weighted by Gasteiger charge is 2.60. The Hall–Kier alpha value is -3.20. The molecular formula is C30H34ClN5O3. The van der Waals surface area contributed by atoms with E-state index in [2.05, 4.69) is 20.1 Å². The van der Waals surface area contributed by atoms with E-state index < -0.39 is 11.0 Å². The zero-order chi connectivity index (χ0) is 27.4. The highest BCUT2D eigenvalue weighted by Crippen LogP contribution is 2.51. The van der Waals surface area contributed by atoms with Crippen LogP contribution in [-0.2, 0) is 21.5 Å². The first-order valence-electron chi connectivity index (χ1n) is 13.5. The van der Waals surface area contributed by atoms with Crippen molar-refractivity contribution in [2.45, 2.75) is 36.8 Å². The molecule has 1 aliphatic carbocycles. The number of anilines is 1. The first kappa shape index (κ1) is 26.0. The van der Waals surface area contributed by atoms with Gasteiger partial charge in [0.1, 0.15) is 17.9 Å². The summed E-state index contributed by atoms with van der Waals surface area (Å²) in [7, 11) is 5.71. The van der Waals surface area contributed by atoms with Crippen LogP contribution in [0.5, 0.6) is 5.75 Å². The standard InChI is InChI=1S/C30H34ClN5O3/c1-32-27(37)30(8-9-30)35-18-21-4-6-22(31)14-25(21)29(19-35)10-11-36(28(29)38)26-17-33-16-20-5-7-23(15-24(20)26)39-13-12-34(2)3/h4-7,14-17H,8-13,18-19H2,1-3H3,(H,32,37). The van der Waals surface area contributed by atoms with Gasteiger partial charge in [-0.05, 0) is 74.8 Å². The Bertz CT molecular complexity index is 1460. The second kappa shape index (κ2) is 9.77. The van der Waals surface area contributed by atoms with Gasteiger partial charge in [-0.1, -0.05) is 17.7 Å². The lowest BCUT2D eigenvalue weighted by molar-refractivity contribution is -0.131. The fraction of sp³-hybridized carbons (Fsp3) is 0.433. The van der Waals surface area contributed by atoms with Crippen LogP contribution in [0, 0.1) is 0 Å². The van der Waals surface area contributed by atoms with E-state index in [-0.39, 0.29) is 11.8 Å². The Labute approximate surface area is 233 Å². The van der Waals surface area contributed by atoms with E-state index >= 15 is 0 Å². The second-order valence-corrected chi connectivity index (χ2v) is 11.7. The third-order valence-corrected chi connectivity index (χ3v) is 8.85. The van der Waals surface area contributed by atoms with Crippen molar-refractivity contribution in [2.75, 3.05) is 52.3 Å². The first-order chi connectivity index (χ1) is 18.8. The van der Waals surface area contributed by atoms with Crippen LogP contribution in [0.15, 0.2) is 48.8 Å². The molecule has 1 N–H and O–H groups in total. The zero-order valence-corrected chi connectivity index (χ0v) is 23.4. The van der Waals surface area contributed by atoms with Crippen LogP contribution in [-0.4, -0.2) is 79.5 Å². The van der Waals surface area contributed by atoms with Gasteiger partial charge in [-0.25, -0.2) is 0 Å². The molecule has 0 bridgehead atoms. The number of nitrogens with zero attached hydrogens (tertiary/aromatic N) is 4. The average Bonchev–Trinajstić information content (AvgIpc) is 3.68. The van der Waals surface area contributed by atoms with E-state index in [0.717, 1.165) is 52.7 Å². The number of fused-ring (bicyclic) bond motifs is 3. The Morgan fingerprint density at radius 1 is 1.15 bits per heavy atom. The number of hydrogen-bond acceptors (Lipinski definition) is 6. The number of benzene rings is 2. The van der Waals surface area contributed by atoms with E-state index in [0.29, 0.717) is 37.7 Å². The van der Waals surface area contributed by atoms with Crippen molar-refractivity contribution in [2.24, 2.45) is 0 Å². The molecule has 8 nitrogen and oxygen atoms in total. The summed E-state index contributed by atoms with van der Waals surface area (Å²) in [5.41, 5.74) is 1.48. The van der Waals surface area contributed by atoms with E-state index in [1.165, 1.54) is 0 Å². The predicted molar refractivity (Wildman–Crippen MR) is 152 cm³/mol. The van der Waals surface area contributed by atoms with Crippen LogP contribution in [0.25, 0.3) is 10.8 Å². The fourth-order valence-electron chi connectivity index (χ4n) is 6.32. The van der Waals surface area contributed by atoms with Gasteiger partial charge in [-0.15, -0.1) is 0 Å². The largest absolute Gasteiger partial charge is 0.492 e. The lowest BCUT2D eigenvalue weighted by Crippen LogP contribution is -2.57. The summed E-state index contributed by atoms with van der Waals surface area (Å²) in [5.74, 6) is 0.814. The van der Waals surface area contributed by atoms with Crippen LogP contribution in [0.3, 0.4) is 0 Å². The number of amides is 2. The second-order valence-electron chi connectivity index (χ2n) is 11.3. The summed E-state index contributed by atoms with van der Waals surface area (Å²) < 4.78 is 6.01. The molecule has 3 aromatic rings. The van der Waals surface area contributed by atoms with Gasteiger partial charge in [-0.2, -0.15) is 0 Å². The molecule has 6 rings (SSSR count). The van der Waals surface area contributed by atoms with Gasteiger partial charge in [0, 0.05) is 55.2 Å². The van der Waals surface area contributed by atoms with Crippen molar-refractivity contribution < 1.29 is 14.3 Å². The minimum atomic E-state index is -0.788. The molecular weight excluding hydrogens is 514 g/mol. The van der Waals surface area contributed by atoms with Crippen molar-refractivity contribution >= 4 is 39.9 Å². The number of carbonyl (C=O) groups is 2. The van der Waals surface area contributed by atoms with Gasteiger partial charge < -0.3 is 19.9 Å². The monoisotopic (exact) mass is 547 g/mol. The third-order valence-electron chi connectivity index (χ3n) is 8.61. The summed E-state index contributed by atoms with van der Waals surface area (Å²) in [6.45, 7) is 3.05.